The van der Waals surface area contributed by atoms with Gasteiger partial charge in [-0.2, -0.15) is 0 Å². The van der Waals surface area contributed by atoms with Crippen LogP contribution in [0, 0.1) is 0 Å². The Labute approximate surface area is 72.9 Å². The number of amides is 1. The van der Waals surface area contributed by atoms with Crippen molar-refractivity contribution >= 4 is 6.41 Å². The Morgan fingerprint density at radius 3 is 2.58 bits per heavy atom. The van der Waals surface area contributed by atoms with E-state index < -0.39 is 0 Å². The van der Waals surface area contributed by atoms with E-state index in [4.69, 9.17) is 0 Å². The van der Waals surface area contributed by atoms with Crippen LogP contribution in [0.3, 0.4) is 0 Å². The van der Waals surface area contributed by atoms with Crippen LogP contribution in [0.25, 0.3) is 0 Å². The maximum atomic E-state index is 9.93. The average Bonchev–Trinajstić information content (AvgIpc) is 2.10. The fraction of sp³-hybridized carbons (Fsp3) is 0.222. The van der Waals surface area contributed by atoms with Crippen LogP contribution in [0.15, 0.2) is 37.1 Å². The van der Waals surface area contributed by atoms with Crippen LogP contribution in [0.4, 0.5) is 0 Å². The Morgan fingerprint density at radius 2 is 2.08 bits per heavy atom. The lowest BCUT2D eigenvalue weighted by Crippen LogP contribution is -2.21. The minimum atomic E-state index is 0.423. The summed E-state index contributed by atoms with van der Waals surface area (Å²) in [5.74, 6) is 0. The summed E-state index contributed by atoms with van der Waals surface area (Å²) >= 11 is 0. The second-order valence-corrected chi connectivity index (χ2v) is 2.25. The summed E-state index contributed by atoms with van der Waals surface area (Å²) in [6, 6.07) is 0. The van der Waals surface area contributed by atoms with Gasteiger partial charge in [0, 0.05) is 18.8 Å². The van der Waals surface area contributed by atoms with Crippen molar-refractivity contribution in [1.82, 2.24) is 10.6 Å². The SMILES string of the molecule is C=CCNC(=C)C(=C)CNC=O. The van der Waals surface area contributed by atoms with Crippen molar-refractivity contribution in [2.75, 3.05) is 13.1 Å². The molecular weight excluding hydrogens is 152 g/mol. The third-order valence-corrected chi connectivity index (χ3v) is 1.29. The molecule has 66 valence electrons. The smallest absolute Gasteiger partial charge is 0.207 e. The second-order valence-electron chi connectivity index (χ2n) is 2.25. The lowest BCUT2D eigenvalue weighted by molar-refractivity contribution is -0.109. The van der Waals surface area contributed by atoms with Gasteiger partial charge in [-0.15, -0.1) is 6.58 Å². The third kappa shape index (κ3) is 4.33. The van der Waals surface area contributed by atoms with Gasteiger partial charge in [0.2, 0.25) is 6.41 Å². The molecule has 0 aliphatic heterocycles. The molecule has 3 heteroatoms. The van der Waals surface area contributed by atoms with Gasteiger partial charge in [-0.25, -0.2) is 0 Å². The highest BCUT2D eigenvalue weighted by Crippen LogP contribution is 1.97. The van der Waals surface area contributed by atoms with Gasteiger partial charge in [-0.05, 0) is 5.57 Å². The van der Waals surface area contributed by atoms with E-state index in [1.54, 1.807) is 6.08 Å². The van der Waals surface area contributed by atoms with Crippen LogP contribution in [0.1, 0.15) is 0 Å². The highest BCUT2D eigenvalue weighted by Gasteiger charge is 1.96. The van der Waals surface area contributed by atoms with Crippen molar-refractivity contribution < 1.29 is 4.79 Å². The summed E-state index contributed by atoms with van der Waals surface area (Å²) in [5, 5.41) is 5.47. The molecule has 0 aliphatic carbocycles. The van der Waals surface area contributed by atoms with E-state index in [-0.39, 0.29) is 0 Å². The Balaban J connectivity index is 3.68. The summed E-state index contributed by atoms with van der Waals surface area (Å²) in [6.07, 6.45) is 2.36. The first-order valence-corrected chi connectivity index (χ1v) is 3.61. The zero-order valence-electron chi connectivity index (χ0n) is 7.10. The minimum absolute atomic E-state index is 0.423. The number of carbonyl (C=O) groups is 1. The molecule has 0 fully saturated rings. The molecule has 2 N–H and O–H groups in total. The van der Waals surface area contributed by atoms with Gasteiger partial charge in [-0.3, -0.25) is 4.79 Å². The summed E-state index contributed by atoms with van der Waals surface area (Å²) < 4.78 is 0. The fourth-order valence-corrected chi connectivity index (χ4v) is 0.592. The highest BCUT2D eigenvalue weighted by atomic mass is 16.1. The molecule has 3 nitrogen and oxygen atoms in total. The van der Waals surface area contributed by atoms with Crippen molar-refractivity contribution in [3.05, 3.63) is 37.1 Å². The number of nitrogens with one attached hydrogen (secondary N) is 2. The molecule has 0 radical (unpaired) electrons. The van der Waals surface area contributed by atoms with Gasteiger partial charge < -0.3 is 10.6 Å². The van der Waals surface area contributed by atoms with Crippen molar-refractivity contribution in [2.45, 2.75) is 0 Å². The molecule has 0 unspecified atom stereocenters. The van der Waals surface area contributed by atoms with Crippen LogP contribution in [-0.2, 0) is 4.79 Å². The molecule has 0 heterocycles. The number of rotatable bonds is 7. The molecule has 0 aromatic heterocycles. The molecule has 0 spiro atoms. The van der Waals surface area contributed by atoms with Gasteiger partial charge in [-0.1, -0.05) is 19.2 Å². The van der Waals surface area contributed by atoms with Gasteiger partial charge in [0.25, 0.3) is 0 Å². The molecule has 0 bridgehead atoms. The van der Waals surface area contributed by atoms with Gasteiger partial charge in [0.05, 0.1) is 0 Å². The highest BCUT2D eigenvalue weighted by molar-refractivity contribution is 5.47. The lowest BCUT2D eigenvalue weighted by Gasteiger charge is -2.09. The summed E-state index contributed by atoms with van der Waals surface area (Å²) in [6.45, 7) is 12.1. The Bertz CT molecular complexity index is 175. The first-order valence-electron chi connectivity index (χ1n) is 3.61. The number of hydrogen-bond acceptors (Lipinski definition) is 2. The molecular formula is C9H14N2O. The van der Waals surface area contributed by atoms with E-state index in [1.807, 2.05) is 0 Å². The molecule has 0 aliphatic rings. The minimum Gasteiger partial charge on any atom is -0.382 e. The monoisotopic (exact) mass is 166 g/mol. The van der Waals surface area contributed by atoms with Crippen LogP contribution < -0.4 is 10.6 Å². The third-order valence-electron chi connectivity index (χ3n) is 1.29. The molecule has 0 saturated heterocycles. The standard InChI is InChI=1S/C9H14N2O/c1-4-5-11-9(3)8(2)6-10-7-12/h4,7,11H,1-3,5-6H2,(H,10,12). The Morgan fingerprint density at radius 1 is 1.42 bits per heavy atom. The molecule has 1 amide bonds. The summed E-state index contributed by atoms with van der Waals surface area (Å²) in [4.78, 5) is 9.93. The number of carbonyl (C=O) groups excluding carboxylic acids is 1. The first-order chi connectivity index (χ1) is 5.72. The summed E-state index contributed by atoms with van der Waals surface area (Å²) in [5.41, 5.74) is 1.49. The predicted molar refractivity (Wildman–Crippen MR) is 50.5 cm³/mol. The van der Waals surface area contributed by atoms with E-state index in [1.165, 1.54) is 0 Å². The first kappa shape index (κ1) is 10.5. The van der Waals surface area contributed by atoms with Crippen molar-refractivity contribution in [3.8, 4) is 0 Å². The van der Waals surface area contributed by atoms with Crippen molar-refractivity contribution in [3.63, 3.8) is 0 Å². The van der Waals surface area contributed by atoms with E-state index in [9.17, 15) is 4.79 Å². The van der Waals surface area contributed by atoms with E-state index in [0.717, 1.165) is 11.3 Å². The quantitative estimate of drug-likeness (QED) is 0.330. The zero-order chi connectivity index (χ0) is 9.40. The van der Waals surface area contributed by atoms with E-state index >= 15 is 0 Å². The molecule has 0 saturated carbocycles. The van der Waals surface area contributed by atoms with E-state index in [0.29, 0.717) is 19.5 Å². The van der Waals surface area contributed by atoms with Gasteiger partial charge in [0.15, 0.2) is 0 Å². The second kappa shape index (κ2) is 6.22. The largest absolute Gasteiger partial charge is 0.382 e. The topological polar surface area (TPSA) is 41.1 Å². The van der Waals surface area contributed by atoms with E-state index in [2.05, 4.69) is 30.4 Å². The van der Waals surface area contributed by atoms with Crippen LogP contribution >= 0.6 is 0 Å². The van der Waals surface area contributed by atoms with Gasteiger partial charge in [0.1, 0.15) is 0 Å². The normalized spacial score (nSPS) is 8.33. The Hall–Kier alpha value is -1.51. The van der Waals surface area contributed by atoms with Crippen molar-refractivity contribution in [2.24, 2.45) is 0 Å². The molecule has 0 aromatic carbocycles. The molecule has 0 aromatic rings. The molecule has 0 atom stereocenters. The summed E-state index contributed by atoms with van der Waals surface area (Å²) in [7, 11) is 0. The fourth-order valence-electron chi connectivity index (χ4n) is 0.592. The maximum Gasteiger partial charge on any atom is 0.207 e. The van der Waals surface area contributed by atoms with Crippen molar-refractivity contribution in [1.29, 1.82) is 0 Å². The average molecular weight is 166 g/mol. The lowest BCUT2D eigenvalue weighted by atomic mass is 10.2. The van der Waals surface area contributed by atoms with Crippen LogP contribution in [-0.4, -0.2) is 19.5 Å². The zero-order valence-corrected chi connectivity index (χ0v) is 7.10. The van der Waals surface area contributed by atoms with Crippen LogP contribution in [0.5, 0.6) is 0 Å². The molecule has 12 heavy (non-hydrogen) atoms. The molecule has 0 rings (SSSR count). The Kier molecular flexibility index (Phi) is 5.43. The number of hydrogen-bond donors (Lipinski definition) is 2. The van der Waals surface area contributed by atoms with Gasteiger partial charge >= 0.3 is 0 Å². The predicted octanol–water partition coefficient (Wildman–Crippen LogP) is 0.578. The maximum absolute atomic E-state index is 9.93. The van der Waals surface area contributed by atoms with Crippen LogP contribution in [0.2, 0.25) is 0 Å².